The molecule has 0 radical (unpaired) electrons. The van der Waals surface area contributed by atoms with Gasteiger partial charge in [-0.2, -0.15) is 0 Å². The van der Waals surface area contributed by atoms with Gasteiger partial charge in [-0.05, 0) is 72.2 Å². The molecular formula is C28H24FN3OS. The van der Waals surface area contributed by atoms with E-state index in [1.807, 2.05) is 30.3 Å². The Morgan fingerprint density at radius 2 is 1.35 bits per heavy atom. The second kappa shape index (κ2) is 10.7. The third kappa shape index (κ3) is 5.66. The topological polar surface area (TPSA) is 53.2 Å². The Bertz CT molecular complexity index is 1290. The van der Waals surface area contributed by atoms with Gasteiger partial charge in [-0.25, -0.2) is 4.39 Å². The van der Waals surface area contributed by atoms with Crippen LogP contribution in [0.5, 0.6) is 0 Å². The van der Waals surface area contributed by atoms with Crippen molar-refractivity contribution in [2.75, 3.05) is 10.6 Å². The largest absolute Gasteiger partial charge is 0.356 e. The minimum atomic E-state index is -0.558. The molecule has 4 rings (SSSR count). The van der Waals surface area contributed by atoms with E-state index < -0.39 is 11.7 Å². The van der Waals surface area contributed by atoms with Crippen LogP contribution in [0, 0.1) is 5.82 Å². The summed E-state index contributed by atoms with van der Waals surface area (Å²) in [4.78, 5) is 12.3. The van der Waals surface area contributed by atoms with Gasteiger partial charge in [0.05, 0.1) is 11.6 Å². The van der Waals surface area contributed by atoms with Crippen LogP contribution in [0.3, 0.4) is 0 Å². The number of hydrogen-bond donors (Lipinski definition) is 3. The summed E-state index contributed by atoms with van der Waals surface area (Å²) in [5.74, 6) is -1.06. The number of halogens is 1. The molecule has 170 valence electrons. The molecule has 34 heavy (non-hydrogen) atoms. The van der Waals surface area contributed by atoms with Gasteiger partial charge in [-0.3, -0.25) is 4.79 Å². The van der Waals surface area contributed by atoms with E-state index in [-0.39, 0.29) is 11.6 Å². The van der Waals surface area contributed by atoms with Crippen LogP contribution in [0.15, 0.2) is 103 Å². The van der Waals surface area contributed by atoms with Crippen molar-refractivity contribution in [1.82, 2.24) is 5.32 Å². The molecule has 0 bridgehead atoms. The first-order valence-corrected chi connectivity index (χ1v) is 11.3. The normalized spacial score (nSPS) is 11.4. The van der Waals surface area contributed by atoms with Crippen molar-refractivity contribution < 1.29 is 9.18 Å². The number of benzene rings is 4. The second-order valence-electron chi connectivity index (χ2n) is 7.78. The summed E-state index contributed by atoms with van der Waals surface area (Å²) in [5.41, 5.74) is 4.77. The second-order valence-corrected chi connectivity index (χ2v) is 8.19. The Morgan fingerprint density at radius 3 is 2.06 bits per heavy atom. The molecule has 1 amide bonds. The molecule has 0 unspecified atom stereocenters. The van der Waals surface area contributed by atoms with Crippen molar-refractivity contribution in [1.29, 1.82) is 0 Å². The SMILES string of the molecule is C[C@@H](NC(=S)Nc1ccc(NC(=O)c2ccccc2F)cc1)c1ccccc1-c1ccccc1. The number of carbonyl (C=O) groups excluding carboxylic acids is 1. The van der Waals surface area contributed by atoms with Crippen LogP contribution in [-0.4, -0.2) is 11.0 Å². The fourth-order valence-electron chi connectivity index (χ4n) is 3.68. The maximum absolute atomic E-state index is 13.8. The molecule has 4 nitrogen and oxygen atoms in total. The molecule has 6 heteroatoms. The molecule has 1 atom stereocenters. The van der Waals surface area contributed by atoms with Crippen LogP contribution >= 0.6 is 12.2 Å². The zero-order chi connectivity index (χ0) is 23.9. The van der Waals surface area contributed by atoms with Gasteiger partial charge in [0, 0.05) is 11.4 Å². The van der Waals surface area contributed by atoms with E-state index in [2.05, 4.69) is 47.1 Å². The summed E-state index contributed by atoms with van der Waals surface area (Å²) in [6, 6.07) is 31.4. The van der Waals surface area contributed by atoms with Crippen molar-refractivity contribution in [2.45, 2.75) is 13.0 Å². The number of carbonyl (C=O) groups is 1. The smallest absolute Gasteiger partial charge is 0.258 e. The summed E-state index contributed by atoms with van der Waals surface area (Å²) in [7, 11) is 0. The third-order valence-corrected chi connectivity index (χ3v) is 5.60. The van der Waals surface area contributed by atoms with E-state index in [1.165, 1.54) is 12.1 Å². The van der Waals surface area contributed by atoms with E-state index in [9.17, 15) is 9.18 Å². The quantitative estimate of drug-likeness (QED) is 0.272. The predicted molar refractivity (Wildman–Crippen MR) is 140 cm³/mol. The van der Waals surface area contributed by atoms with Gasteiger partial charge in [0.15, 0.2) is 5.11 Å². The molecule has 0 spiro atoms. The highest BCUT2D eigenvalue weighted by molar-refractivity contribution is 7.80. The van der Waals surface area contributed by atoms with Crippen molar-refractivity contribution in [2.24, 2.45) is 0 Å². The van der Waals surface area contributed by atoms with Gasteiger partial charge >= 0.3 is 0 Å². The first-order chi connectivity index (χ1) is 16.5. The van der Waals surface area contributed by atoms with Gasteiger partial charge in [-0.15, -0.1) is 0 Å². The van der Waals surface area contributed by atoms with Crippen molar-refractivity contribution >= 4 is 34.6 Å². The molecule has 0 aliphatic carbocycles. The van der Waals surface area contributed by atoms with Gasteiger partial charge in [-0.1, -0.05) is 66.7 Å². The maximum atomic E-state index is 13.8. The number of anilines is 2. The average Bonchev–Trinajstić information content (AvgIpc) is 2.86. The van der Waals surface area contributed by atoms with Gasteiger partial charge in [0.1, 0.15) is 5.82 Å². The molecular weight excluding hydrogens is 445 g/mol. The number of nitrogens with one attached hydrogen (secondary N) is 3. The van der Waals surface area contributed by atoms with Crippen molar-refractivity contribution in [3.8, 4) is 11.1 Å². The van der Waals surface area contributed by atoms with Gasteiger partial charge < -0.3 is 16.0 Å². The molecule has 4 aromatic rings. The molecule has 0 fully saturated rings. The van der Waals surface area contributed by atoms with Crippen LogP contribution in [0.2, 0.25) is 0 Å². The Balaban J connectivity index is 1.38. The Hall–Kier alpha value is -4.03. The molecule has 0 aromatic heterocycles. The minimum absolute atomic E-state index is 0.000138. The minimum Gasteiger partial charge on any atom is -0.356 e. The fourth-order valence-corrected chi connectivity index (χ4v) is 3.97. The predicted octanol–water partition coefficient (Wildman–Crippen LogP) is 6.79. The molecule has 3 N–H and O–H groups in total. The lowest BCUT2D eigenvalue weighted by Crippen LogP contribution is -2.31. The zero-order valence-electron chi connectivity index (χ0n) is 18.6. The van der Waals surface area contributed by atoms with E-state index in [1.54, 1.807) is 36.4 Å². The summed E-state index contributed by atoms with van der Waals surface area (Å²) in [6.07, 6.45) is 0. The van der Waals surface area contributed by atoms with Crippen molar-refractivity contribution in [3.63, 3.8) is 0 Å². The number of amides is 1. The standard InChI is InChI=1S/C28H24FN3OS/c1-19(23-11-5-6-12-24(23)20-9-3-2-4-10-20)30-28(34)32-22-17-15-21(16-18-22)31-27(33)25-13-7-8-14-26(25)29/h2-19H,1H3,(H,31,33)(H2,30,32,34)/t19-/m1/s1. The Labute approximate surface area is 203 Å². The molecule has 0 aliphatic heterocycles. The summed E-state index contributed by atoms with van der Waals surface area (Å²) in [6.45, 7) is 2.07. The van der Waals surface area contributed by atoms with Crippen LogP contribution in [-0.2, 0) is 0 Å². The maximum Gasteiger partial charge on any atom is 0.258 e. The lowest BCUT2D eigenvalue weighted by Gasteiger charge is -2.20. The summed E-state index contributed by atoms with van der Waals surface area (Å²) >= 11 is 5.52. The molecule has 0 aliphatic rings. The summed E-state index contributed by atoms with van der Waals surface area (Å²) < 4.78 is 13.8. The highest BCUT2D eigenvalue weighted by atomic mass is 32.1. The zero-order valence-corrected chi connectivity index (χ0v) is 19.4. The van der Waals surface area contributed by atoms with E-state index in [0.717, 1.165) is 22.4 Å². The van der Waals surface area contributed by atoms with Crippen LogP contribution < -0.4 is 16.0 Å². The van der Waals surface area contributed by atoms with E-state index in [0.29, 0.717) is 10.8 Å². The number of thiocarbonyl (C=S) groups is 1. The molecule has 0 saturated heterocycles. The Kier molecular flexibility index (Phi) is 7.30. The van der Waals surface area contributed by atoms with E-state index >= 15 is 0 Å². The third-order valence-electron chi connectivity index (χ3n) is 5.38. The number of rotatable bonds is 6. The first kappa shape index (κ1) is 23.1. The Morgan fingerprint density at radius 1 is 0.765 bits per heavy atom. The lowest BCUT2D eigenvalue weighted by molar-refractivity contribution is 0.102. The van der Waals surface area contributed by atoms with E-state index in [4.69, 9.17) is 12.2 Å². The molecule has 0 saturated carbocycles. The fraction of sp³-hybridized carbons (Fsp3) is 0.0714. The van der Waals surface area contributed by atoms with Crippen molar-refractivity contribution in [3.05, 3.63) is 120 Å². The summed E-state index contributed by atoms with van der Waals surface area (Å²) in [5, 5.41) is 9.69. The van der Waals surface area contributed by atoms with Crippen LogP contribution in [0.4, 0.5) is 15.8 Å². The lowest BCUT2D eigenvalue weighted by atomic mass is 9.96. The first-order valence-electron chi connectivity index (χ1n) is 10.9. The van der Waals surface area contributed by atoms with Gasteiger partial charge in [0.2, 0.25) is 0 Å². The van der Waals surface area contributed by atoms with Crippen LogP contribution in [0.25, 0.3) is 11.1 Å². The van der Waals surface area contributed by atoms with Gasteiger partial charge in [0.25, 0.3) is 5.91 Å². The molecule has 0 heterocycles. The van der Waals surface area contributed by atoms with Crippen LogP contribution in [0.1, 0.15) is 28.9 Å². The average molecular weight is 470 g/mol. The number of hydrogen-bond acceptors (Lipinski definition) is 2. The molecule has 4 aromatic carbocycles. The monoisotopic (exact) mass is 469 g/mol. The highest BCUT2D eigenvalue weighted by Gasteiger charge is 2.13. The highest BCUT2D eigenvalue weighted by Crippen LogP contribution is 2.28.